The van der Waals surface area contributed by atoms with Crippen LogP contribution in [0, 0.1) is 0 Å². The molecule has 2 amide bonds. The number of piperazine rings is 1. The van der Waals surface area contributed by atoms with Gasteiger partial charge in [0.25, 0.3) is 0 Å². The molecule has 0 unspecified atom stereocenters. The number of nitrogens with one attached hydrogen (secondary N) is 1. The first kappa shape index (κ1) is 22.4. The SMILES string of the molecule is CCN(CC)C(=O)CN1CCN(CC(=O)Nc2ccccc2C(C)(C)C)CC1. The zero-order valence-electron chi connectivity index (χ0n) is 18.1. The molecule has 0 spiro atoms. The molecule has 156 valence electrons. The van der Waals surface area contributed by atoms with Crippen molar-refractivity contribution < 1.29 is 9.59 Å². The second kappa shape index (κ2) is 10.0. The van der Waals surface area contributed by atoms with Crippen LogP contribution >= 0.6 is 0 Å². The molecule has 1 aromatic carbocycles. The van der Waals surface area contributed by atoms with Gasteiger partial charge in [-0.05, 0) is 30.9 Å². The normalized spacial score (nSPS) is 16.0. The third-order valence-electron chi connectivity index (χ3n) is 5.32. The quantitative estimate of drug-likeness (QED) is 0.779. The van der Waals surface area contributed by atoms with Crippen LogP contribution in [0.3, 0.4) is 0 Å². The van der Waals surface area contributed by atoms with E-state index in [1.807, 2.05) is 36.9 Å². The second-order valence-corrected chi connectivity index (χ2v) is 8.46. The van der Waals surface area contributed by atoms with Crippen molar-refractivity contribution in [2.45, 2.75) is 40.0 Å². The number of nitrogens with zero attached hydrogens (tertiary/aromatic N) is 3. The Morgan fingerprint density at radius 1 is 0.964 bits per heavy atom. The Labute approximate surface area is 169 Å². The molecule has 1 saturated heterocycles. The fourth-order valence-electron chi connectivity index (χ4n) is 3.61. The molecule has 0 radical (unpaired) electrons. The summed E-state index contributed by atoms with van der Waals surface area (Å²) in [6, 6.07) is 8.00. The summed E-state index contributed by atoms with van der Waals surface area (Å²) in [6.07, 6.45) is 0. The zero-order chi connectivity index (χ0) is 20.7. The van der Waals surface area contributed by atoms with Gasteiger partial charge in [0.15, 0.2) is 0 Å². The number of carbonyl (C=O) groups is 2. The van der Waals surface area contributed by atoms with Gasteiger partial charge in [0.1, 0.15) is 0 Å². The van der Waals surface area contributed by atoms with Crippen molar-refractivity contribution in [1.82, 2.24) is 14.7 Å². The molecule has 1 aliphatic rings. The highest BCUT2D eigenvalue weighted by molar-refractivity contribution is 5.93. The third kappa shape index (κ3) is 6.31. The molecule has 28 heavy (non-hydrogen) atoms. The van der Waals surface area contributed by atoms with Crippen LogP contribution in [-0.4, -0.2) is 78.9 Å². The van der Waals surface area contributed by atoms with Gasteiger partial charge in [-0.2, -0.15) is 0 Å². The van der Waals surface area contributed by atoms with E-state index < -0.39 is 0 Å². The molecule has 1 aliphatic heterocycles. The van der Waals surface area contributed by atoms with Crippen LogP contribution in [-0.2, 0) is 15.0 Å². The lowest BCUT2D eigenvalue weighted by atomic mass is 9.86. The number of amides is 2. The molecule has 1 heterocycles. The first-order valence-corrected chi connectivity index (χ1v) is 10.4. The average molecular weight is 389 g/mol. The van der Waals surface area contributed by atoms with Crippen molar-refractivity contribution in [2.75, 3.05) is 57.7 Å². The number of benzene rings is 1. The molecule has 1 N–H and O–H groups in total. The van der Waals surface area contributed by atoms with E-state index in [4.69, 9.17) is 0 Å². The molecule has 0 aliphatic carbocycles. The fraction of sp³-hybridized carbons (Fsp3) is 0.636. The number of rotatable bonds is 7. The molecule has 0 atom stereocenters. The lowest BCUT2D eigenvalue weighted by Gasteiger charge is -2.35. The monoisotopic (exact) mass is 388 g/mol. The molecule has 6 heteroatoms. The standard InChI is InChI=1S/C22H36N4O2/c1-6-26(7-2)21(28)17-25-14-12-24(13-15-25)16-20(27)23-19-11-9-8-10-18(19)22(3,4)5/h8-11H,6-7,12-17H2,1-5H3,(H,23,27). The van der Waals surface area contributed by atoms with Gasteiger partial charge in [0.05, 0.1) is 13.1 Å². The van der Waals surface area contributed by atoms with E-state index in [0.717, 1.165) is 50.5 Å². The van der Waals surface area contributed by atoms with Gasteiger partial charge in [0, 0.05) is 45.0 Å². The Morgan fingerprint density at radius 3 is 2.04 bits per heavy atom. The first-order chi connectivity index (χ1) is 13.2. The van der Waals surface area contributed by atoms with Crippen LogP contribution in [0.25, 0.3) is 0 Å². The van der Waals surface area contributed by atoms with Crippen molar-refractivity contribution in [3.05, 3.63) is 29.8 Å². The van der Waals surface area contributed by atoms with Gasteiger partial charge in [-0.3, -0.25) is 19.4 Å². The number of para-hydroxylation sites is 1. The van der Waals surface area contributed by atoms with Crippen molar-refractivity contribution in [2.24, 2.45) is 0 Å². The van der Waals surface area contributed by atoms with Gasteiger partial charge >= 0.3 is 0 Å². The Kier molecular flexibility index (Phi) is 8.01. The highest BCUT2D eigenvalue weighted by Gasteiger charge is 2.23. The predicted octanol–water partition coefficient (Wildman–Crippen LogP) is 2.41. The topological polar surface area (TPSA) is 55.9 Å². The molecule has 0 saturated carbocycles. The minimum Gasteiger partial charge on any atom is -0.342 e. The van der Waals surface area contributed by atoms with Crippen molar-refractivity contribution >= 4 is 17.5 Å². The molecule has 0 aromatic heterocycles. The summed E-state index contributed by atoms with van der Waals surface area (Å²) in [5.74, 6) is 0.208. The van der Waals surface area contributed by atoms with Crippen LogP contribution in [0.1, 0.15) is 40.2 Å². The Balaban J connectivity index is 1.82. The number of hydrogen-bond donors (Lipinski definition) is 1. The average Bonchev–Trinajstić information content (AvgIpc) is 2.64. The predicted molar refractivity (Wildman–Crippen MR) is 115 cm³/mol. The molecule has 0 bridgehead atoms. The van der Waals surface area contributed by atoms with E-state index >= 15 is 0 Å². The molecular weight excluding hydrogens is 352 g/mol. The Bertz CT molecular complexity index is 657. The van der Waals surface area contributed by atoms with Gasteiger partial charge in [-0.25, -0.2) is 0 Å². The maximum Gasteiger partial charge on any atom is 0.238 e. The van der Waals surface area contributed by atoms with Crippen LogP contribution in [0.2, 0.25) is 0 Å². The summed E-state index contributed by atoms with van der Waals surface area (Å²) in [5, 5.41) is 3.08. The molecule has 6 nitrogen and oxygen atoms in total. The van der Waals surface area contributed by atoms with E-state index in [1.54, 1.807) is 0 Å². The van der Waals surface area contributed by atoms with Gasteiger partial charge in [-0.1, -0.05) is 39.0 Å². The zero-order valence-corrected chi connectivity index (χ0v) is 18.1. The highest BCUT2D eigenvalue weighted by atomic mass is 16.2. The van der Waals surface area contributed by atoms with Crippen molar-refractivity contribution in [3.63, 3.8) is 0 Å². The summed E-state index contributed by atoms with van der Waals surface area (Å²) in [4.78, 5) is 31.0. The van der Waals surface area contributed by atoms with E-state index in [-0.39, 0.29) is 17.2 Å². The van der Waals surface area contributed by atoms with E-state index in [0.29, 0.717) is 13.1 Å². The Hall–Kier alpha value is -1.92. The van der Waals surface area contributed by atoms with Crippen molar-refractivity contribution in [1.29, 1.82) is 0 Å². The maximum atomic E-state index is 12.6. The highest BCUT2D eigenvalue weighted by Crippen LogP contribution is 2.29. The fourth-order valence-corrected chi connectivity index (χ4v) is 3.61. The number of hydrogen-bond acceptors (Lipinski definition) is 4. The van der Waals surface area contributed by atoms with E-state index in [2.05, 4.69) is 42.0 Å². The summed E-state index contributed by atoms with van der Waals surface area (Å²) < 4.78 is 0. The maximum absolute atomic E-state index is 12.6. The van der Waals surface area contributed by atoms with Crippen LogP contribution in [0.15, 0.2) is 24.3 Å². The van der Waals surface area contributed by atoms with Gasteiger partial charge in [-0.15, -0.1) is 0 Å². The van der Waals surface area contributed by atoms with Crippen LogP contribution < -0.4 is 5.32 Å². The number of carbonyl (C=O) groups excluding carboxylic acids is 2. The molecule has 1 aromatic rings. The van der Waals surface area contributed by atoms with Crippen LogP contribution in [0.5, 0.6) is 0 Å². The molecular formula is C22H36N4O2. The van der Waals surface area contributed by atoms with Crippen molar-refractivity contribution in [3.8, 4) is 0 Å². The van der Waals surface area contributed by atoms with E-state index in [1.165, 1.54) is 0 Å². The van der Waals surface area contributed by atoms with Gasteiger partial charge < -0.3 is 10.2 Å². The van der Waals surface area contributed by atoms with E-state index in [9.17, 15) is 9.59 Å². The molecule has 1 fully saturated rings. The summed E-state index contributed by atoms with van der Waals surface area (Å²) in [7, 11) is 0. The first-order valence-electron chi connectivity index (χ1n) is 10.4. The Morgan fingerprint density at radius 2 is 1.50 bits per heavy atom. The second-order valence-electron chi connectivity index (χ2n) is 8.46. The lowest BCUT2D eigenvalue weighted by Crippen LogP contribution is -2.51. The summed E-state index contributed by atoms with van der Waals surface area (Å²) in [6.45, 7) is 16.1. The lowest BCUT2D eigenvalue weighted by molar-refractivity contribution is -0.132. The number of anilines is 1. The number of likely N-dealkylation sites (N-methyl/N-ethyl adjacent to an activating group) is 1. The smallest absolute Gasteiger partial charge is 0.238 e. The third-order valence-corrected chi connectivity index (χ3v) is 5.32. The van der Waals surface area contributed by atoms with Gasteiger partial charge in [0.2, 0.25) is 11.8 Å². The molecule has 2 rings (SSSR count). The summed E-state index contributed by atoms with van der Waals surface area (Å²) in [5.41, 5.74) is 2.01. The largest absolute Gasteiger partial charge is 0.342 e. The van der Waals surface area contributed by atoms with Crippen LogP contribution in [0.4, 0.5) is 5.69 Å². The minimum atomic E-state index is -0.0209. The summed E-state index contributed by atoms with van der Waals surface area (Å²) >= 11 is 0. The minimum absolute atomic E-state index is 0.0179.